The van der Waals surface area contributed by atoms with Gasteiger partial charge in [0.25, 0.3) is 11.1 Å². The molecule has 0 aliphatic carbocycles. The summed E-state index contributed by atoms with van der Waals surface area (Å²) in [6.45, 7) is -0.562. The number of benzene rings is 2. The van der Waals surface area contributed by atoms with E-state index in [-0.39, 0.29) is 10.6 Å². The Hall–Kier alpha value is -3.00. The lowest BCUT2D eigenvalue weighted by atomic mass is 10.2. The summed E-state index contributed by atoms with van der Waals surface area (Å²) < 4.78 is 26.4. The van der Waals surface area contributed by atoms with Crippen LogP contribution in [-0.4, -0.2) is 28.5 Å². The smallest absolute Gasteiger partial charge is 0.294 e. The van der Waals surface area contributed by atoms with Crippen molar-refractivity contribution < 1.29 is 23.2 Å². The molecule has 1 aliphatic heterocycles. The fourth-order valence-electron chi connectivity index (χ4n) is 2.26. The Morgan fingerprint density at radius 1 is 1.12 bits per heavy atom. The van der Waals surface area contributed by atoms with Crippen LogP contribution in [0, 0.1) is 11.6 Å². The molecule has 0 bridgehead atoms. The van der Waals surface area contributed by atoms with Gasteiger partial charge in [0.05, 0.1) is 10.6 Å². The number of amides is 3. The van der Waals surface area contributed by atoms with Gasteiger partial charge < -0.3 is 5.32 Å². The van der Waals surface area contributed by atoms with Crippen molar-refractivity contribution in [2.75, 3.05) is 11.9 Å². The molecule has 26 heavy (non-hydrogen) atoms. The first-order valence-electron chi connectivity index (χ1n) is 7.49. The highest BCUT2D eigenvalue weighted by atomic mass is 32.2. The predicted octanol–water partition coefficient (Wildman–Crippen LogP) is 3.64. The second-order valence-electron chi connectivity index (χ2n) is 5.35. The number of nitrogens with one attached hydrogen (secondary N) is 1. The molecule has 0 unspecified atom stereocenters. The molecule has 132 valence electrons. The van der Waals surface area contributed by atoms with Gasteiger partial charge >= 0.3 is 0 Å². The van der Waals surface area contributed by atoms with E-state index >= 15 is 0 Å². The van der Waals surface area contributed by atoms with Gasteiger partial charge in [0.1, 0.15) is 18.2 Å². The lowest BCUT2D eigenvalue weighted by Crippen LogP contribution is -2.36. The average molecular weight is 374 g/mol. The lowest BCUT2D eigenvalue weighted by Gasteiger charge is -2.12. The van der Waals surface area contributed by atoms with Gasteiger partial charge in [0.15, 0.2) is 0 Å². The van der Waals surface area contributed by atoms with E-state index in [0.717, 1.165) is 34.4 Å². The van der Waals surface area contributed by atoms with Crippen LogP contribution in [0.3, 0.4) is 0 Å². The monoisotopic (exact) mass is 374 g/mol. The Balaban J connectivity index is 1.69. The van der Waals surface area contributed by atoms with E-state index in [0.29, 0.717) is 6.07 Å². The molecule has 8 heteroatoms. The van der Waals surface area contributed by atoms with E-state index in [1.54, 1.807) is 30.3 Å². The molecule has 3 rings (SSSR count). The Morgan fingerprint density at radius 2 is 1.85 bits per heavy atom. The van der Waals surface area contributed by atoms with Crippen LogP contribution in [0.2, 0.25) is 0 Å². The summed E-state index contributed by atoms with van der Waals surface area (Å²) in [6.07, 6.45) is 1.56. The summed E-state index contributed by atoms with van der Waals surface area (Å²) >= 11 is 0.725. The van der Waals surface area contributed by atoms with Gasteiger partial charge in [-0.2, -0.15) is 0 Å². The molecular formula is C18H12F2N2O3S. The van der Waals surface area contributed by atoms with E-state index in [1.807, 2.05) is 6.07 Å². The largest absolute Gasteiger partial charge is 0.322 e. The molecule has 1 heterocycles. The van der Waals surface area contributed by atoms with Crippen molar-refractivity contribution in [2.24, 2.45) is 0 Å². The zero-order valence-electron chi connectivity index (χ0n) is 13.2. The number of hydrogen-bond acceptors (Lipinski definition) is 4. The summed E-state index contributed by atoms with van der Waals surface area (Å²) in [5, 5.41) is 1.62. The third kappa shape index (κ3) is 3.97. The van der Waals surface area contributed by atoms with Gasteiger partial charge in [-0.25, -0.2) is 8.78 Å². The van der Waals surface area contributed by atoms with E-state index < -0.39 is 35.2 Å². The van der Waals surface area contributed by atoms with Crippen molar-refractivity contribution >= 4 is 40.6 Å². The average Bonchev–Trinajstić information content (AvgIpc) is 2.86. The SMILES string of the molecule is O=C(CN1C(=O)S/C(=C/c2ccccc2)C1=O)Nc1ccc(F)cc1F. The minimum absolute atomic E-state index is 0.196. The summed E-state index contributed by atoms with van der Waals surface area (Å²) in [4.78, 5) is 37.3. The Labute approximate surface area is 151 Å². The number of hydrogen-bond donors (Lipinski definition) is 1. The second kappa shape index (κ2) is 7.49. The first kappa shape index (κ1) is 17.8. The van der Waals surface area contributed by atoms with E-state index in [1.165, 1.54) is 0 Å². The molecule has 2 aromatic rings. The minimum atomic E-state index is -0.948. The number of anilines is 1. The summed E-state index contributed by atoms with van der Waals surface area (Å²) in [7, 11) is 0. The van der Waals surface area contributed by atoms with Crippen LogP contribution in [0.4, 0.5) is 19.3 Å². The van der Waals surface area contributed by atoms with Crippen molar-refractivity contribution in [3.05, 3.63) is 70.6 Å². The summed E-state index contributed by atoms with van der Waals surface area (Å²) in [5.41, 5.74) is 0.513. The standard InChI is InChI=1S/C18H12F2N2O3S/c19-12-6-7-14(13(20)9-12)21-16(23)10-22-17(24)15(26-18(22)25)8-11-4-2-1-3-5-11/h1-9H,10H2,(H,21,23)/b15-8+. The number of nitrogens with zero attached hydrogens (tertiary/aromatic N) is 1. The van der Waals surface area contributed by atoms with Crippen molar-refractivity contribution in [2.45, 2.75) is 0 Å². The van der Waals surface area contributed by atoms with Gasteiger partial charge in [0, 0.05) is 6.07 Å². The zero-order valence-corrected chi connectivity index (χ0v) is 14.1. The quantitative estimate of drug-likeness (QED) is 0.830. The minimum Gasteiger partial charge on any atom is -0.322 e. The third-order valence-corrected chi connectivity index (χ3v) is 4.39. The van der Waals surface area contributed by atoms with Crippen LogP contribution in [-0.2, 0) is 9.59 Å². The van der Waals surface area contributed by atoms with E-state index in [2.05, 4.69) is 5.32 Å². The molecule has 0 radical (unpaired) electrons. The number of rotatable bonds is 4. The maximum Gasteiger partial charge on any atom is 0.294 e. The number of imide groups is 1. The fraction of sp³-hybridized carbons (Fsp3) is 0.0556. The van der Waals surface area contributed by atoms with E-state index in [9.17, 15) is 23.2 Å². The van der Waals surface area contributed by atoms with Crippen molar-refractivity contribution in [1.82, 2.24) is 4.90 Å². The predicted molar refractivity (Wildman–Crippen MR) is 94.1 cm³/mol. The van der Waals surface area contributed by atoms with Gasteiger partial charge in [-0.1, -0.05) is 30.3 Å². The molecule has 5 nitrogen and oxygen atoms in total. The molecule has 1 fully saturated rings. The molecule has 0 atom stereocenters. The van der Waals surface area contributed by atoms with Crippen LogP contribution >= 0.6 is 11.8 Å². The molecular weight excluding hydrogens is 362 g/mol. The van der Waals surface area contributed by atoms with Gasteiger partial charge in [-0.3, -0.25) is 19.3 Å². The molecule has 1 N–H and O–H groups in total. The zero-order chi connectivity index (χ0) is 18.7. The molecule has 2 aromatic carbocycles. The highest BCUT2D eigenvalue weighted by molar-refractivity contribution is 8.18. The Bertz CT molecular complexity index is 916. The van der Waals surface area contributed by atoms with Crippen molar-refractivity contribution in [3.8, 4) is 0 Å². The number of carbonyl (C=O) groups excluding carboxylic acids is 3. The first-order chi connectivity index (χ1) is 12.4. The van der Waals surface area contributed by atoms with Crippen molar-refractivity contribution in [3.63, 3.8) is 0 Å². The maximum absolute atomic E-state index is 13.6. The molecule has 0 spiro atoms. The van der Waals surface area contributed by atoms with Crippen molar-refractivity contribution in [1.29, 1.82) is 0 Å². The Morgan fingerprint density at radius 3 is 2.54 bits per heavy atom. The van der Waals surface area contributed by atoms with Crippen LogP contribution in [0.1, 0.15) is 5.56 Å². The highest BCUT2D eigenvalue weighted by Gasteiger charge is 2.36. The maximum atomic E-state index is 13.6. The number of thioether (sulfide) groups is 1. The van der Waals surface area contributed by atoms with Crippen LogP contribution in [0.15, 0.2) is 53.4 Å². The lowest BCUT2D eigenvalue weighted by molar-refractivity contribution is -0.127. The molecule has 0 saturated carbocycles. The van der Waals surface area contributed by atoms with Gasteiger partial charge in [0.2, 0.25) is 5.91 Å². The summed E-state index contributed by atoms with van der Waals surface area (Å²) in [6, 6.07) is 11.6. The number of halogens is 2. The van der Waals surface area contributed by atoms with E-state index in [4.69, 9.17) is 0 Å². The van der Waals surface area contributed by atoms with Crippen LogP contribution in [0.5, 0.6) is 0 Å². The highest BCUT2D eigenvalue weighted by Crippen LogP contribution is 2.32. The van der Waals surface area contributed by atoms with Crippen LogP contribution in [0.25, 0.3) is 6.08 Å². The molecule has 1 saturated heterocycles. The second-order valence-corrected chi connectivity index (χ2v) is 6.34. The molecule has 3 amide bonds. The van der Waals surface area contributed by atoms with Gasteiger partial charge in [-0.05, 0) is 35.5 Å². The molecule has 1 aliphatic rings. The first-order valence-corrected chi connectivity index (χ1v) is 8.31. The topological polar surface area (TPSA) is 66.5 Å². The van der Waals surface area contributed by atoms with Crippen LogP contribution < -0.4 is 5.32 Å². The fourth-order valence-corrected chi connectivity index (χ4v) is 3.10. The van der Waals surface area contributed by atoms with Gasteiger partial charge in [-0.15, -0.1) is 0 Å². The molecule has 0 aromatic heterocycles. The Kier molecular flexibility index (Phi) is 5.13. The third-order valence-electron chi connectivity index (χ3n) is 3.48. The normalized spacial score (nSPS) is 15.6. The number of carbonyl (C=O) groups is 3. The summed E-state index contributed by atoms with van der Waals surface area (Å²) in [5.74, 6) is -3.09.